The van der Waals surface area contributed by atoms with Crippen LogP contribution >= 0.6 is 0 Å². The number of hydrogen-bond donors (Lipinski definition) is 3. The molecule has 0 saturated heterocycles. The van der Waals surface area contributed by atoms with E-state index in [1.165, 1.54) is 13.1 Å². The second-order valence-electron chi connectivity index (χ2n) is 5.38. The van der Waals surface area contributed by atoms with Gasteiger partial charge in [-0.15, -0.1) is 10.2 Å². The SMILES string of the molecule is CC(=O)Nc1ccc(Nc2ccc(NC(=O)c3cccnc3)nn2)cc1. The van der Waals surface area contributed by atoms with E-state index in [1.54, 1.807) is 42.6 Å². The van der Waals surface area contributed by atoms with Crippen molar-refractivity contribution in [3.05, 3.63) is 66.5 Å². The number of aromatic nitrogens is 3. The Labute approximate surface area is 149 Å². The molecule has 8 nitrogen and oxygen atoms in total. The predicted octanol–water partition coefficient (Wildman–Crippen LogP) is 2.83. The first-order valence-corrected chi connectivity index (χ1v) is 7.80. The predicted molar refractivity (Wildman–Crippen MR) is 98.3 cm³/mol. The third kappa shape index (κ3) is 4.60. The summed E-state index contributed by atoms with van der Waals surface area (Å²) in [5.41, 5.74) is 1.94. The van der Waals surface area contributed by atoms with E-state index in [2.05, 4.69) is 31.1 Å². The fraction of sp³-hybridized carbons (Fsp3) is 0.0556. The molecule has 130 valence electrons. The molecule has 0 spiro atoms. The van der Waals surface area contributed by atoms with Gasteiger partial charge in [0.15, 0.2) is 11.6 Å². The van der Waals surface area contributed by atoms with Crippen LogP contribution in [0.4, 0.5) is 23.0 Å². The van der Waals surface area contributed by atoms with Crippen LogP contribution in [0.5, 0.6) is 0 Å². The average molecular weight is 348 g/mol. The van der Waals surface area contributed by atoms with E-state index in [9.17, 15) is 9.59 Å². The number of carbonyl (C=O) groups is 2. The van der Waals surface area contributed by atoms with Gasteiger partial charge in [-0.25, -0.2) is 0 Å². The van der Waals surface area contributed by atoms with Gasteiger partial charge in [0.1, 0.15) is 0 Å². The van der Waals surface area contributed by atoms with Gasteiger partial charge in [-0.05, 0) is 48.5 Å². The standard InChI is InChI=1S/C18H16N6O2/c1-12(25)20-14-4-6-15(7-5-14)21-16-8-9-17(24-23-16)22-18(26)13-3-2-10-19-11-13/h2-11H,1H3,(H,20,25)(H,21,23)(H,22,24,26). The lowest BCUT2D eigenvalue weighted by molar-refractivity contribution is -0.114. The lowest BCUT2D eigenvalue weighted by Gasteiger charge is -2.08. The number of anilines is 4. The summed E-state index contributed by atoms with van der Waals surface area (Å²) in [5.74, 6) is 0.434. The summed E-state index contributed by atoms with van der Waals surface area (Å²) in [4.78, 5) is 26.9. The highest BCUT2D eigenvalue weighted by Crippen LogP contribution is 2.18. The Kier molecular flexibility index (Phi) is 5.14. The fourth-order valence-corrected chi connectivity index (χ4v) is 2.14. The molecule has 2 amide bonds. The van der Waals surface area contributed by atoms with Gasteiger partial charge in [-0.2, -0.15) is 0 Å². The molecule has 1 aromatic carbocycles. The molecule has 0 fully saturated rings. The lowest BCUT2D eigenvalue weighted by Crippen LogP contribution is -2.13. The first-order valence-electron chi connectivity index (χ1n) is 7.80. The molecule has 0 atom stereocenters. The Bertz CT molecular complexity index is 895. The van der Waals surface area contributed by atoms with Gasteiger partial charge in [0.2, 0.25) is 5.91 Å². The Hall–Kier alpha value is -3.81. The quantitative estimate of drug-likeness (QED) is 0.654. The number of pyridine rings is 1. The topological polar surface area (TPSA) is 109 Å². The number of hydrogen-bond acceptors (Lipinski definition) is 6. The number of nitrogens with zero attached hydrogens (tertiary/aromatic N) is 3. The minimum absolute atomic E-state index is 0.125. The Morgan fingerprint density at radius 3 is 2.15 bits per heavy atom. The number of carbonyl (C=O) groups excluding carboxylic acids is 2. The van der Waals surface area contributed by atoms with Gasteiger partial charge < -0.3 is 16.0 Å². The van der Waals surface area contributed by atoms with E-state index in [4.69, 9.17) is 0 Å². The summed E-state index contributed by atoms with van der Waals surface area (Å²) >= 11 is 0. The molecule has 3 N–H and O–H groups in total. The van der Waals surface area contributed by atoms with Crippen molar-refractivity contribution in [3.8, 4) is 0 Å². The largest absolute Gasteiger partial charge is 0.339 e. The molecule has 26 heavy (non-hydrogen) atoms. The van der Waals surface area contributed by atoms with E-state index in [-0.39, 0.29) is 11.8 Å². The van der Waals surface area contributed by atoms with Crippen molar-refractivity contribution < 1.29 is 9.59 Å². The molecule has 0 saturated carbocycles. The number of amides is 2. The van der Waals surface area contributed by atoms with Gasteiger partial charge in [-0.3, -0.25) is 14.6 Å². The highest BCUT2D eigenvalue weighted by molar-refractivity contribution is 6.03. The van der Waals surface area contributed by atoms with E-state index in [0.717, 1.165) is 5.69 Å². The second kappa shape index (κ2) is 7.84. The summed E-state index contributed by atoms with van der Waals surface area (Å²) in [6, 6.07) is 13.9. The zero-order valence-electron chi connectivity index (χ0n) is 13.9. The van der Waals surface area contributed by atoms with Crippen LogP contribution in [0.15, 0.2) is 60.9 Å². The average Bonchev–Trinajstić information content (AvgIpc) is 2.65. The summed E-state index contributed by atoms with van der Waals surface area (Å²) in [5, 5.41) is 16.4. The van der Waals surface area contributed by atoms with Crippen molar-refractivity contribution in [2.75, 3.05) is 16.0 Å². The normalized spacial score (nSPS) is 10.0. The number of benzene rings is 1. The number of nitrogens with one attached hydrogen (secondary N) is 3. The molecule has 3 rings (SSSR count). The maximum absolute atomic E-state index is 12.0. The van der Waals surface area contributed by atoms with Crippen molar-refractivity contribution >= 4 is 34.8 Å². The summed E-state index contributed by atoms with van der Waals surface area (Å²) in [7, 11) is 0. The Morgan fingerprint density at radius 2 is 1.54 bits per heavy atom. The Morgan fingerprint density at radius 1 is 0.846 bits per heavy atom. The lowest BCUT2D eigenvalue weighted by atomic mass is 10.2. The first-order chi connectivity index (χ1) is 12.6. The summed E-state index contributed by atoms with van der Waals surface area (Å²) in [6.45, 7) is 1.45. The van der Waals surface area contributed by atoms with Crippen LogP contribution in [0.3, 0.4) is 0 Å². The third-order valence-corrected chi connectivity index (χ3v) is 3.31. The van der Waals surface area contributed by atoms with E-state index in [0.29, 0.717) is 22.9 Å². The van der Waals surface area contributed by atoms with Crippen LogP contribution in [0.25, 0.3) is 0 Å². The van der Waals surface area contributed by atoms with Crippen LogP contribution in [-0.2, 0) is 4.79 Å². The van der Waals surface area contributed by atoms with Crippen molar-refractivity contribution in [1.29, 1.82) is 0 Å². The van der Waals surface area contributed by atoms with Crippen LogP contribution in [0.1, 0.15) is 17.3 Å². The second-order valence-corrected chi connectivity index (χ2v) is 5.38. The zero-order valence-corrected chi connectivity index (χ0v) is 13.9. The molecule has 2 aromatic heterocycles. The number of rotatable bonds is 5. The molecule has 8 heteroatoms. The van der Waals surface area contributed by atoms with Gasteiger partial charge in [0.25, 0.3) is 5.91 Å². The van der Waals surface area contributed by atoms with Gasteiger partial charge in [0, 0.05) is 30.7 Å². The monoisotopic (exact) mass is 348 g/mol. The maximum atomic E-state index is 12.0. The molecule has 0 unspecified atom stereocenters. The van der Waals surface area contributed by atoms with E-state index >= 15 is 0 Å². The van der Waals surface area contributed by atoms with Gasteiger partial charge in [0.05, 0.1) is 5.56 Å². The molecule has 0 aliphatic heterocycles. The van der Waals surface area contributed by atoms with Crippen LogP contribution in [-0.4, -0.2) is 27.0 Å². The van der Waals surface area contributed by atoms with Crippen molar-refractivity contribution in [2.45, 2.75) is 6.92 Å². The van der Waals surface area contributed by atoms with Crippen LogP contribution < -0.4 is 16.0 Å². The molecule has 0 aliphatic rings. The van der Waals surface area contributed by atoms with Crippen LogP contribution in [0, 0.1) is 0 Å². The van der Waals surface area contributed by atoms with E-state index in [1.807, 2.05) is 12.1 Å². The molecule has 0 aliphatic carbocycles. The highest BCUT2D eigenvalue weighted by Gasteiger charge is 2.07. The third-order valence-electron chi connectivity index (χ3n) is 3.31. The molecule has 0 bridgehead atoms. The van der Waals surface area contributed by atoms with Crippen molar-refractivity contribution in [3.63, 3.8) is 0 Å². The smallest absolute Gasteiger partial charge is 0.258 e. The molecule has 3 aromatic rings. The molecular weight excluding hydrogens is 332 g/mol. The van der Waals surface area contributed by atoms with Gasteiger partial charge >= 0.3 is 0 Å². The van der Waals surface area contributed by atoms with Crippen molar-refractivity contribution in [1.82, 2.24) is 15.2 Å². The summed E-state index contributed by atoms with van der Waals surface area (Å²) < 4.78 is 0. The Balaban J connectivity index is 1.61. The minimum atomic E-state index is -0.304. The zero-order chi connectivity index (χ0) is 18.4. The molecular formula is C18H16N6O2. The van der Waals surface area contributed by atoms with Gasteiger partial charge in [-0.1, -0.05) is 0 Å². The fourth-order valence-electron chi connectivity index (χ4n) is 2.14. The first kappa shape index (κ1) is 17.0. The highest BCUT2D eigenvalue weighted by atomic mass is 16.2. The molecule has 0 radical (unpaired) electrons. The summed E-state index contributed by atoms with van der Waals surface area (Å²) in [6.07, 6.45) is 3.07. The minimum Gasteiger partial charge on any atom is -0.339 e. The maximum Gasteiger partial charge on any atom is 0.258 e. The van der Waals surface area contributed by atoms with E-state index < -0.39 is 0 Å². The van der Waals surface area contributed by atoms with Crippen molar-refractivity contribution in [2.24, 2.45) is 0 Å². The van der Waals surface area contributed by atoms with Crippen LogP contribution in [0.2, 0.25) is 0 Å². The molecule has 2 heterocycles.